The molecule has 0 aromatic carbocycles. The van der Waals surface area contributed by atoms with Crippen molar-refractivity contribution in [1.82, 2.24) is 0 Å². The zero-order chi connectivity index (χ0) is 109. The molecule has 0 amide bonds. The van der Waals surface area contributed by atoms with Crippen LogP contribution in [0.15, 0.2) is 0 Å². The van der Waals surface area contributed by atoms with Crippen LogP contribution in [0.5, 0.6) is 0 Å². The molecule has 0 fully saturated rings. The van der Waals surface area contributed by atoms with Crippen molar-refractivity contribution in [2.24, 2.45) is 0 Å². The van der Waals surface area contributed by atoms with Crippen molar-refractivity contribution < 1.29 is 0 Å². The summed E-state index contributed by atoms with van der Waals surface area (Å²) >= 11 is 240. The minimum absolute atomic E-state index is 0.499. The number of halogens is 138. The number of hydrogen-bond acceptors (Lipinski definition) is 0. The van der Waals surface area contributed by atoms with Gasteiger partial charge in [-0.1, -0.05) is 0 Å². The molecule has 0 atom stereocenters. The maximum atomic E-state index is 3.51. The summed E-state index contributed by atoms with van der Waals surface area (Å²) in [6.45, 7) is 0. The molecule has 0 heterocycles. The predicted molar refractivity (Wildman–Crippen MR) is 1930 cm³/mol. The van der Waals surface area contributed by atoms with E-state index >= 15 is 0 Å². The van der Waals surface area contributed by atoms with Crippen molar-refractivity contribution in [3.05, 3.63) is 0 Å². The molecule has 138 heavy (non-hydrogen) atoms. The van der Waals surface area contributed by atoms with Gasteiger partial charge in [-0.2, -0.15) is 0 Å². The summed E-state index contributed by atoms with van der Waals surface area (Å²) < 4.78 is 0. The fourth-order valence-corrected chi connectivity index (χ4v) is 27700. The second-order valence-corrected chi connectivity index (χ2v) is 3330. The van der Waals surface area contributed by atoms with Crippen molar-refractivity contribution in [2.45, 2.75) is 0 Å². The molecule has 0 aliphatic carbocycles. The van der Waals surface area contributed by atoms with Crippen LogP contribution in [0.2, 0.25) is 0 Å². The monoisotopic (exact) mass is 17500 g/mol. The predicted octanol–water partition coefficient (Wildman–Crippen LogP) is 122. The number of hydrogen-bond donors (Lipinski definition) is 0. The Hall–Kier alpha value is 101. The molecule has 0 saturated carbocycles. The van der Waals surface area contributed by atoms with Crippen molar-refractivity contribution in [2.75, 3.05) is 0 Å². The van der Waals surface area contributed by atoms with Crippen LogP contribution < -0.4 is 0 Å². The van der Waals surface area contributed by atoms with Gasteiger partial charge in [-0.15, -0.1) is 0 Å². The fourth-order valence-electron chi connectivity index (χ4n) is 2.04. The molecule has 0 unspecified atom stereocenters. The summed E-state index contributed by atoms with van der Waals surface area (Å²) in [7, 11) is -43.7. The van der Waals surface area contributed by atoms with Gasteiger partial charge in [-0.3, -0.25) is 0 Å². The summed E-state index contributed by atoms with van der Waals surface area (Å²) in [6.07, 6.45) is 0. The Kier molecular flexibility index (Phi) is 248. The molecular formula is I138. The molecule has 966 valence electrons. The molecule has 0 radical (unpaired) electrons. The first kappa shape index (κ1) is 239. The van der Waals surface area contributed by atoms with Crippen LogP contribution in [0.4, 0.5) is 0 Å². The third kappa shape index (κ3) is 96.8. The van der Waals surface area contributed by atoms with Crippen LogP contribution in [-0.4, -0.2) is 0 Å². The van der Waals surface area contributed by atoms with Gasteiger partial charge in [0.2, 0.25) is 0 Å². The fraction of sp³-hybridized carbons (Fsp3) is 0. The van der Waals surface area contributed by atoms with Crippen LogP contribution in [0.1, 0.15) is 0 Å². The van der Waals surface area contributed by atoms with E-state index in [1.807, 2.05) is 0 Å². The third-order valence-corrected chi connectivity index (χ3v) is 11100. The van der Waals surface area contributed by atoms with E-state index in [4.69, 9.17) is 0 Å². The van der Waals surface area contributed by atoms with Gasteiger partial charge in [-0.25, -0.2) is 0 Å². The molecule has 0 aliphatic rings. The average molecular weight is 17500 g/mol. The standard InChI is InChI=1S/I138/c1-71(2)73(5)75(7)77(9)79(11)81(13)83(15)85(17)87(19)89(21)91(23)93(25)95(27)97(29)99(31)101(33)103(35)105(37)107(39)109(41)111(43)113(45)115(47)117(49)119(51)121(53)123(55)125(57)127(59)129(61)131(63)133(65)135(67)137(69)138(70)136(68)134(66)132(64)130(62)128(60)126(58)124(56)122(54)120(52)118(50)116(48)114(46)112(44)110(42)108(40)106(38)104(36)102(34)100(32)98(30)96(28)94(26)92(24)90(22)88(20)86(18)84(16)82(14)80(12)78(10)76(8)74(6)72(3)4. The van der Waals surface area contributed by atoms with E-state index < -0.39 is 537 Å². The van der Waals surface area contributed by atoms with Gasteiger partial charge in [-0.05, 0) is 0 Å². The number of rotatable bonds is 67. The summed E-state index contributed by atoms with van der Waals surface area (Å²) in [6, 6.07) is 0. The van der Waals surface area contributed by atoms with Crippen LogP contribution in [-0.2, 0) is 0 Å². The van der Waals surface area contributed by atoms with Gasteiger partial charge in [0.15, 0.2) is 0 Å². The molecule has 0 nitrogen and oxygen atoms in total. The van der Waals surface area contributed by atoms with Gasteiger partial charge in [0.25, 0.3) is 0 Å². The van der Waals surface area contributed by atoms with Gasteiger partial charge >= 0.3 is 1840 Å². The Morgan fingerprint density at radius 3 is 0.0797 bits per heavy atom. The molecular weight excluding hydrogens is 17500 g/mol. The maximum absolute atomic E-state index is 3.51. The van der Waals surface area contributed by atoms with Crippen LogP contribution >= 0.6 is 1840 Å². The molecule has 0 saturated heterocycles. The van der Waals surface area contributed by atoms with Crippen LogP contribution in [0, 0.1) is 0 Å². The van der Waals surface area contributed by atoms with E-state index in [0.717, 1.165) is 0 Å². The third-order valence-electron chi connectivity index (χ3n) is 5.47. The first-order valence-corrected chi connectivity index (χ1v) is 881. The zero-order valence-electron chi connectivity index (χ0n) is 52.2. The van der Waals surface area contributed by atoms with Crippen molar-refractivity contribution in [3.8, 4) is 0 Å². The Morgan fingerprint density at radius 1 is 0.0362 bits per heavy atom. The Bertz CT molecular complexity index is 2700. The first-order chi connectivity index (χ1) is 62.7. The normalized spacial score (nSPS) is 19.3. The average Bonchev–Trinajstić information content (AvgIpc) is 0.841. The summed E-state index contributed by atoms with van der Waals surface area (Å²) in [4.78, 5) is 0. The van der Waals surface area contributed by atoms with Crippen molar-refractivity contribution in [3.63, 3.8) is 0 Å². The summed E-state index contributed by atoms with van der Waals surface area (Å²) in [5.41, 5.74) is 0. The van der Waals surface area contributed by atoms with Gasteiger partial charge in [0.1, 0.15) is 0 Å². The molecule has 0 aromatic heterocycles. The molecule has 0 bridgehead atoms. The second-order valence-electron chi connectivity index (χ2n) is 11.0. The topological polar surface area (TPSA) is 0 Å². The molecule has 0 rings (SSSR count). The minimum atomic E-state index is -0.687. The van der Waals surface area contributed by atoms with Crippen LogP contribution in [0.3, 0.4) is 0 Å². The summed E-state index contributed by atoms with van der Waals surface area (Å²) in [5.74, 6) is 0. The molecule has 0 N–H and O–H groups in total. The molecule has 0 spiro atoms. The van der Waals surface area contributed by atoms with Crippen LogP contribution in [0.25, 0.3) is 0 Å². The van der Waals surface area contributed by atoms with E-state index in [0.29, 0.717) is 0 Å². The Balaban J connectivity index is 6.00. The van der Waals surface area contributed by atoms with E-state index in [9.17, 15) is 0 Å². The Labute approximate surface area is 1730 Å². The summed E-state index contributed by atoms with van der Waals surface area (Å²) in [5, 5.41) is 0. The van der Waals surface area contributed by atoms with E-state index in [-0.39, 0.29) is 0 Å². The van der Waals surface area contributed by atoms with E-state index in [1.54, 1.807) is 0 Å². The van der Waals surface area contributed by atoms with Crippen molar-refractivity contribution in [1.29, 1.82) is 0 Å². The molecule has 138 heteroatoms. The Morgan fingerprint density at radius 2 is 0.0580 bits per heavy atom. The zero-order valence-corrected chi connectivity index (χ0v) is 350. The van der Waals surface area contributed by atoms with Gasteiger partial charge in [0, 0.05) is 0 Å². The first-order valence-electron chi connectivity index (χ1n) is 19.6. The molecule has 0 aliphatic heterocycles. The van der Waals surface area contributed by atoms with Gasteiger partial charge in [0.05, 0.1) is 0 Å². The molecule has 0 aromatic rings. The quantitative estimate of drug-likeness (QED) is 0.0533. The van der Waals surface area contributed by atoms with Crippen molar-refractivity contribution >= 4 is 1840 Å². The van der Waals surface area contributed by atoms with E-state index in [2.05, 4.69) is 1300 Å². The van der Waals surface area contributed by atoms with Gasteiger partial charge < -0.3 is 0 Å². The SMILES string of the molecule is II(I)I(I)I(I)I(I)I(I)I(I)I(I)I(I)I(I)I(I)I(I)I(I)I(I)I(I)I(I)I(I)I(I)I(I)I(I)I(I)I(I)I(I)I(I)I(I)I(I)I(I)I(I)I(I)I(I)I(I)I(I)I(I)I(I)I(I)I(I)I(I)I(I)I(I)I(I)I(I)I(I)I(I)I(I)I(I)I(I)I(I)I(I)I(I)I(I)I(I)I(I)I(I)I(I)I(I)I(I)I(I)I(I)I(I)I(I)I(I)I(I)I(I)I(I)I(I)I(I)I(I)I(I)I(I)I. The van der Waals surface area contributed by atoms with E-state index in [1.165, 1.54) is 0 Å². The second kappa shape index (κ2) is 143.